The van der Waals surface area contributed by atoms with Gasteiger partial charge in [0.15, 0.2) is 0 Å². The summed E-state index contributed by atoms with van der Waals surface area (Å²) in [4.78, 5) is 38.3. The molecule has 2 aliphatic rings. The van der Waals surface area contributed by atoms with Gasteiger partial charge in [0, 0.05) is 48.9 Å². The molecule has 26 heavy (non-hydrogen) atoms. The number of pyridine rings is 1. The Labute approximate surface area is 152 Å². The molecule has 1 unspecified atom stereocenters. The molecule has 0 aromatic carbocycles. The van der Waals surface area contributed by atoms with E-state index in [1.165, 1.54) is 19.3 Å². The molecule has 1 aliphatic heterocycles. The van der Waals surface area contributed by atoms with Crippen LogP contribution in [0.4, 0.5) is 0 Å². The molecular formula is C20H24N4O2. The largest absolute Gasteiger partial charge is 0.342 e. The van der Waals surface area contributed by atoms with E-state index in [1.54, 1.807) is 18.5 Å². The summed E-state index contributed by atoms with van der Waals surface area (Å²) in [6, 6.07) is 5.23. The lowest BCUT2D eigenvalue weighted by Gasteiger charge is -2.26. The van der Waals surface area contributed by atoms with Gasteiger partial charge in [0.25, 0.3) is 5.56 Å². The highest BCUT2D eigenvalue weighted by Crippen LogP contribution is 2.31. The van der Waals surface area contributed by atoms with Crippen molar-refractivity contribution < 1.29 is 4.79 Å². The van der Waals surface area contributed by atoms with Crippen molar-refractivity contribution in [3.8, 4) is 11.4 Å². The Morgan fingerprint density at radius 1 is 1.12 bits per heavy atom. The van der Waals surface area contributed by atoms with Gasteiger partial charge < -0.3 is 9.88 Å². The van der Waals surface area contributed by atoms with Gasteiger partial charge in [0.1, 0.15) is 5.82 Å². The number of carbonyl (C=O) groups is 1. The van der Waals surface area contributed by atoms with Crippen LogP contribution in [-0.2, 0) is 4.79 Å². The summed E-state index contributed by atoms with van der Waals surface area (Å²) >= 11 is 0. The highest BCUT2D eigenvalue weighted by molar-refractivity contribution is 5.79. The Morgan fingerprint density at radius 2 is 1.88 bits per heavy atom. The van der Waals surface area contributed by atoms with Crippen LogP contribution in [-0.4, -0.2) is 38.8 Å². The molecule has 0 spiro atoms. The average molecular weight is 352 g/mol. The fraction of sp³-hybridized carbons (Fsp3) is 0.500. The molecule has 1 aliphatic carbocycles. The zero-order chi connectivity index (χ0) is 17.9. The number of nitrogens with one attached hydrogen (secondary N) is 1. The zero-order valence-corrected chi connectivity index (χ0v) is 14.9. The van der Waals surface area contributed by atoms with E-state index in [0.29, 0.717) is 18.3 Å². The van der Waals surface area contributed by atoms with Crippen LogP contribution < -0.4 is 5.56 Å². The first kappa shape index (κ1) is 16.9. The van der Waals surface area contributed by atoms with Crippen LogP contribution in [0.25, 0.3) is 11.4 Å². The van der Waals surface area contributed by atoms with Crippen LogP contribution >= 0.6 is 0 Å². The number of H-pyrrole nitrogens is 1. The zero-order valence-electron chi connectivity index (χ0n) is 14.9. The van der Waals surface area contributed by atoms with E-state index >= 15 is 0 Å². The normalized spacial score (nSPS) is 21.1. The number of hydrogen-bond donors (Lipinski definition) is 1. The summed E-state index contributed by atoms with van der Waals surface area (Å²) in [5.41, 5.74) is 1.46. The summed E-state index contributed by atoms with van der Waals surface area (Å²) in [6.07, 6.45) is 9.86. The van der Waals surface area contributed by atoms with E-state index in [2.05, 4.69) is 15.0 Å². The lowest BCUT2D eigenvalue weighted by molar-refractivity contribution is -0.135. The quantitative estimate of drug-likeness (QED) is 0.921. The lowest BCUT2D eigenvalue weighted by Crippen LogP contribution is -2.35. The summed E-state index contributed by atoms with van der Waals surface area (Å²) in [7, 11) is 0. The summed E-state index contributed by atoms with van der Waals surface area (Å²) in [5.74, 6) is 1.19. The predicted octanol–water partition coefficient (Wildman–Crippen LogP) is 2.73. The summed E-state index contributed by atoms with van der Waals surface area (Å²) < 4.78 is 0. The second-order valence-corrected chi connectivity index (χ2v) is 7.36. The first-order chi connectivity index (χ1) is 12.7. The molecular weight excluding hydrogens is 328 g/mol. The molecule has 6 nitrogen and oxygen atoms in total. The highest BCUT2D eigenvalue weighted by Gasteiger charge is 2.32. The van der Waals surface area contributed by atoms with Crippen molar-refractivity contribution in [2.24, 2.45) is 5.92 Å². The van der Waals surface area contributed by atoms with Gasteiger partial charge in [0.05, 0.1) is 5.69 Å². The molecule has 1 atom stereocenters. The van der Waals surface area contributed by atoms with Crippen LogP contribution in [0.5, 0.6) is 0 Å². The fourth-order valence-corrected chi connectivity index (χ4v) is 4.14. The molecule has 2 aromatic rings. The van der Waals surface area contributed by atoms with E-state index < -0.39 is 0 Å². The first-order valence-corrected chi connectivity index (χ1v) is 9.51. The van der Waals surface area contributed by atoms with Crippen molar-refractivity contribution in [3.05, 3.63) is 46.6 Å². The van der Waals surface area contributed by atoms with Crippen molar-refractivity contribution >= 4 is 5.91 Å². The van der Waals surface area contributed by atoms with Crippen LogP contribution in [0.3, 0.4) is 0 Å². The molecule has 1 N–H and O–H groups in total. The molecule has 2 aromatic heterocycles. The van der Waals surface area contributed by atoms with Gasteiger partial charge >= 0.3 is 0 Å². The smallest absolute Gasteiger partial charge is 0.251 e. The third-order valence-electron chi connectivity index (χ3n) is 5.59. The maximum atomic E-state index is 12.8. The number of carbonyl (C=O) groups excluding carboxylic acids is 1. The second-order valence-electron chi connectivity index (χ2n) is 7.36. The first-order valence-electron chi connectivity index (χ1n) is 9.51. The minimum absolute atomic E-state index is 0.130. The van der Waals surface area contributed by atoms with Gasteiger partial charge in [-0.15, -0.1) is 0 Å². The summed E-state index contributed by atoms with van der Waals surface area (Å²) in [6.45, 7) is 1.43. The van der Waals surface area contributed by atoms with Gasteiger partial charge in [-0.2, -0.15) is 0 Å². The van der Waals surface area contributed by atoms with Gasteiger partial charge in [-0.25, -0.2) is 4.98 Å². The Kier molecular flexibility index (Phi) is 4.82. The number of likely N-dealkylation sites (tertiary alicyclic amines) is 1. The summed E-state index contributed by atoms with van der Waals surface area (Å²) in [5, 5.41) is 0. The number of rotatable bonds is 3. The number of amides is 1. The third kappa shape index (κ3) is 3.54. The van der Waals surface area contributed by atoms with Crippen LogP contribution in [0.2, 0.25) is 0 Å². The number of aromatic amines is 1. The molecule has 0 bridgehead atoms. The van der Waals surface area contributed by atoms with Crippen molar-refractivity contribution in [2.45, 2.75) is 44.4 Å². The predicted molar refractivity (Wildman–Crippen MR) is 98.6 cm³/mol. The molecule has 1 saturated heterocycles. The molecule has 6 heteroatoms. The average Bonchev–Trinajstić information content (AvgIpc) is 3.18. The molecule has 136 valence electrons. The molecule has 1 amide bonds. The molecule has 1 saturated carbocycles. The van der Waals surface area contributed by atoms with E-state index in [0.717, 1.165) is 37.1 Å². The van der Waals surface area contributed by atoms with Gasteiger partial charge in [-0.05, 0) is 31.4 Å². The maximum Gasteiger partial charge on any atom is 0.251 e. The van der Waals surface area contributed by atoms with Gasteiger partial charge in [-0.3, -0.25) is 14.6 Å². The minimum atomic E-state index is -0.154. The Balaban J connectivity index is 1.51. The highest BCUT2D eigenvalue weighted by atomic mass is 16.2. The Morgan fingerprint density at radius 3 is 2.65 bits per heavy atom. The standard InChI is InChI=1S/C20H24N4O2/c25-18-12-17(22-19(23-18)14-6-9-21-10-7-14)16-8-11-24(13-16)20(26)15-4-2-1-3-5-15/h6-7,9-10,12,15-16H,1-5,8,11,13H2,(H,22,23,25). The molecule has 4 rings (SSSR count). The Hall–Kier alpha value is -2.50. The molecule has 3 heterocycles. The maximum absolute atomic E-state index is 12.8. The van der Waals surface area contributed by atoms with Crippen LogP contribution in [0.15, 0.2) is 35.4 Å². The lowest BCUT2D eigenvalue weighted by atomic mass is 9.88. The van der Waals surface area contributed by atoms with Crippen molar-refractivity contribution in [1.29, 1.82) is 0 Å². The van der Waals surface area contributed by atoms with Gasteiger partial charge in [-0.1, -0.05) is 19.3 Å². The van der Waals surface area contributed by atoms with Crippen LogP contribution in [0, 0.1) is 5.92 Å². The van der Waals surface area contributed by atoms with E-state index in [9.17, 15) is 9.59 Å². The third-order valence-corrected chi connectivity index (χ3v) is 5.59. The van der Waals surface area contributed by atoms with Crippen molar-refractivity contribution in [2.75, 3.05) is 13.1 Å². The monoisotopic (exact) mass is 352 g/mol. The number of hydrogen-bond acceptors (Lipinski definition) is 4. The fourth-order valence-electron chi connectivity index (χ4n) is 4.14. The van der Waals surface area contributed by atoms with Crippen molar-refractivity contribution in [1.82, 2.24) is 19.9 Å². The van der Waals surface area contributed by atoms with Crippen LogP contribution in [0.1, 0.15) is 50.1 Å². The van der Waals surface area contributed by atoms with E-state index in [1.807, 2.05) is 17.0 Å². The topological polar surface area (TPSA) is 79.0 Å². The number of aromatic nitrogens is 3. The van der Waals surface area contributed by atoms with Gasteiger partial charge in [0.2, 0.25) is 5.91 Å². The molecule has 2 fully saturated rings. The van der Waals surface area contributed by atoms with Crippen molar-refractivity contribution in [3.63, 3.8) is 0 Å². The molecule has 0 radical (unpaired) electrons. The van der Waals surface area contributed by atoms with E-state index in [-0.39, 0.29) is 17.4 Å². The second kappa shape index (κ2) is 7.40. The SMILES string of the molecule is O=C(C1CCCCC1)N1CCC(c2cc(=O)[nH]c(-c3ccncc3)n2)C1. The minimum Gasteiger partial charge on any atom is -0.342 e. The van der Waals surface area contributed by atoms with E-state index in [4.69, 9.17) is 0 Å². The number of nitrogens with zero attached hydrogens (tertiary/aromatic N) is 3. The Bertz CT molecular complexity index is 827.